The Labute approximate surface area is 139 Å². The Morgan fingerprint density at radius 1 is 1.30 bits per heavy atom. The normalized spacial score (nSPS) is 11.5. The van der Waals surface area contributed by atoms with E-state index in [2.05, 4.69) is 58.5 Å². The smallest absolute Gasteiger partial charge is 0.193 e. The summed E-state index contributed by atoms with van der Waals surface area (Å²) in [6, 6.07) is 10.4. The predicted molar refractivity (Wildman–Crippen MR) is 96.2 cm³/mol. The van der Waals surface area contributed by atoms with Gasteiger partial charge in [0.1, 0.15) is 0 Å². The minimum Gasteiger partial charge on any atom is -0.356 e. The van der Waals surface area contributed by atoms with Gasteiger partial charge in [-0.2, -0.15) is 5.10 Å². The lowest BCUT2D eigenvalue weighted by atomic mass is 10.1. The van der Waals surface area contributed by atoms with Crippen LogP contribution in [0.4, 0.5) is 0 Å². The van der Waals surface area contributed by atoms with Crippen molar-refractivity contribution < 1.29 is 0 Å². The minimum atomic E-state index is 0.879. The van der Waals surface area contributed by atoms with Gasteiger partial charge in [0.05, 0.1) is 5.69 Å². The zero-order valence-electron chi connectivity index (χ0n) is 14.4. The largest absolute Gasteiger partial charge is 0.356 e. The Kier molecular flexibility index (Phi) is 6.66. The van der Waals surface area contributed by atoms with Crippen molar-refractivity contribution in [3.63, 3.8) is 0 Å². The van der Waals surface area contributed by atoms with E-state index in [0.29, 0.717) is 0 Å². The van der Waals surface area contributed by atoms with E-state index in [0.717, 1.165) is 31.2 Å². The first-order chi connectivity index (χ1) is 11.2. The van der Waals surface area contributed by atoms with Crippen LogP contribution in [0.3, 0.4) is 0 Å². The zero-order valence-corrected chi connectivity index (χ0v) is 14.4. The quantitative estimate of drug-likeness (QED) is 0.631. The molecular formula is C18H27N5. The molecule has 0 aliphatic heterocycles. The van der Waals surface area contributed by atoms with Gasteiger partial charge in [-0.05, 0) is 36.6 Å². The van der Waals surface area contributed by atoms with Crippen LogP contribution in [-0.2, 0) is 6.42 Å². The van der Waals surface area contributed by atoms with Crippen LogP contribution >= 0.6 is 0 Å². The molecule has 0 amide bonds. The van der Waals surface area contributed by atoms with Crippen LogP contribution in [0.5, 0.6) is 0 Å². The lowest BCUT2D eigenvalue weighted by Crippen LogP contribution is -2.40. The Balaban J connectivity index is 1.81. The molecule has 0 aliphatic rings. The molecule has 0 saturated carbocycles. The van der Waals surface area contributed by atoms with Gasteiger partial charge in [-0.3, -0.25) is 4.99 Å². The molecule has 1 aromatic carbocycles. The summed E-state index contributed by atoms with van der Waals surface area (Å²) >= 11 is 0. The van der Waals surface area contributed by atoms with E-state index < -0.39 is 0 Å². The van der Waals surface area contributed by atoms with Crippen LogP contribution in [-0.4, -0.2) is 47.8 Å². The lowest BCUT2D eigenvalue weighted by Gasteiger charge is -2.21. The molecule has 124 valence electrons. The van der Waals surface area contributed by atoms with Gasteiger partial charge in [-0.15, -0.1) is 0 Å². The van der Waals surface area contributed by atoms with Crippen LogP contribution < -0.4 is 5.32 Å². The first-order valence-corrected chi connectivity index (χ1v) is 8.25. The van der Waals surface area contributed by atoms with Crippen LogP contribution in [0, 0.1) is 0 Å². The summed E-state index contributed by atoms with van der Waals surface area (Å²) in [5.41, 5.74) is 2.39. The van der Waals surface area contributed by atoms with Crippen LogP contribution in [0.15, 0.2) is 47.7 Å². The van der Waals surface area contributed by atoms with Gasteiger partial charge in [0.15, 0.2) is 5.96 Å². The molecule has 23 heavy (non-hydrogen) atoms. The molecule has 0 bridgehead atoms. The SMILES string of the molecule is CCCCN(C)C(=NC)NCCc1ccc(-n2cccn2)cc1. The first kappa shape index (κ1) is 17.1. The highest BCUT2D eigenvalue weighted by Crippen LogP contribution is 2.08. The van der Waals surface area contributed by atoms with Crippen molar-refractivity contribution in [3.8, 4) is 5.69 Å². The average Bonchev–Trinajstić information content (AvgIpc) is 3.11. The van der Waals surface area contributed by atoms with E-state index in [-0.39, 0.29) is 0 Å². The number of nitrogens with zero attached hydrogens (tertiary/aromatic N) is 4. The molecule has 0 saturated heterocycles. The van der Waals surface area contributed by atoms with E-state index in [1.807, 2.05) is 24.0 Å². The van der Waals surface area contributed by atoms with E-state index in [1.165, 1.54) is 18.4 Å². The van der Waals surface area contributed by atoms with E-state index >= 15 is 0 Å². The van der Waals surface area contributed by atoms with E-state index in [1.54, 1.807) is 6.20 Å². The van der Waals surface area contributed by atoms with Gasteiger partial charge in [0.25, 0.3) is 0 Å². The highest BCUT2D eigenvalue weighted by Gasteiger charge is 2.04. The molecule has 0 unspecified atom stereocenters. The lowest BCUT2D eigenvalue weighted by molar-refractivity contribution is 0.465. The van der Waals surface area contributed by atoms with Gasteiger partial charge in [-0.1, -0.05) is 25.5 Å². The standard InChI is InChI=1S/C18H27N5/c1-4-5-14-22(3)18(19-2)20-13-11-16-7-9-17(10-8-16)23-15-6-12-21-23/h6-10,12,15H,4-5,11,13-14H2,1-3H3,(H,19,20). The van der Waals surface area contributed by atoms with Crippen molar-refractivity contribution in [1.82, 2.24) is 20.0 Å². The van der Waals surface area contributed by atoms with E-state index in [9.17, 15) is 0 Å². The first-order valence-electron chi connectivity index (χ1n) is 8.25. The number of hydrogen-bond acceptors (Lipinski definition) is 2. The molecule has 0 spiro atoms. The summed E-state index contributed by atoms with van der Waals surface area (Å²) in [7, 11) is 3.92. The van der Waals surface area contributed by atoms with Gasteiger partial charge in [0, 0.05) is 39.6 Å². The number of hydrogen-bond donors (Lipinski definition) is 1. The summed E-state index contributed by atoms with van der Waals surface area (Å²) in [4.78, 5) is 6.52. The van der Waals surface area contributed by atoms with Crippen molar-refractivity contribution in [2.45, 2.75) is 26.2 Å². The van der Waals surface area contributed by atoms with Crippen LogP contribution in [0.25, 0.3) is 5.69 Å². The van der Waals surface area contributed by atoms with Crippen molar-refractivity contribution in [1.29, 1.82) is 0 Å². The number of aliphatic imine (C=N–C) groups is 1. The summed E-state index contributed by atoms with van der Waals surface area (Å²) in [6.07, 6.45) is 7.10. The summed E-state index contributed by atoms with van der Waals surface area (Å²) < 4.78 is 1.87. The number of unbranched alkanes of at least 4 members (excludes halogenated alkanes) is 1. The van der Waals surface area contributed by atoms with E-state index in [4.69, 9.17) is 0 Å². The second-order valence-corrected chi connectivity index (χ2v) is 5.62. The third kappa shape index (κ3) is 5.13. The molecular weight excluding hydrogens is 286 g/mol. The highest BCUT2D eigenvalue weighted by atomic mass is 15.3. The number of nitrogens with one attached hydrogen (secondary N) is 1. The monoisotopic (exact) mass is 313 g/mol. The Morgan fingerprint density at radius 2 is 2.09 bits per heavy atom. The number of benzene rings is 1. The topological polar surface area (TPSA) is 45.5 Å². The van der Waals surface area contributed by atoms with Crippen LogP contribution in [0.2, 0.25) is 0 Å². The molecule has 0 fully saturated rings. The fraction of sp³-hybridized carbons (Fsp3) is 0.444. The third-order valence-corrected chi connectivity index (χ3v) is 3.82. The average molecular weight is 313 g/mol. The molecule has 0 atom stereocenters. The summed E-state index contributed by atoms with van der Waals surface area (Å²) in [5.74, 6) is 0.964. The zero-order chi connectivity index (χ0) is 16.5. The molecule has 5 nitrogen and oxygen atoms in total. The van der Waals surface area contributed by atoms with Crippen molar-refractivity contribution in [2.75, 3.05) is 27.2 Å². The fourth-order valence-electron chi connectivity index (χ4n) is 2.44. The second kappa shape index (κ2) is 8.98. The molecule has 2 aromatic rings. The van der Waals surface area contributed by atoms with Gasteiger partial charge in [0.2, 0.25) is 0 Å². The van der Waals surface area contributed by atoms with Gasteiger partial charge >= 0.3 is 0 Å². The molecule has 2 rings (SSSR count). The van der Waals surface area contributed by atoms with Gasteiger partial charge in [-0.25, -0.2) is 4.68 Å². The Hall–Kier alpha value is -2.30. The molecule has 5 heteroatoms. The maximum Gasteiger partial charge on any atom is 0.193 e. The Bertz CT molecular complexity index is 586. The van der Waals surface area contributed by atoms with Crippen molar-refractivity contribution in [3.05, 3.63) is 48.3 Å². The molecule has 1 N–H and O–H groups in total. The Morgan fingerprint density at radius 3 is 2.70 bits per heavy atom. The number of rotatable bonds is 7. The minimum absolute atomic E-state index is 0.879. The molecule has 1 aromatic heterocycles. The molecule has 0 radical (unpaired) electrons. The summed E-state index contributed by atoms with van der Waals surface area (Å²) in [5, 5.41) is 7.67. The fourth-order valence-corrected chi connectivity index (χ4v) is 2.44. The molecule has 1 heterocycles. The van der Waals surface area contributed by atoms with Crippen molar-refractivity contribution in [2.24, 2.45) is 4.99 Å². The van der Waals surface area contributed by atoms with Gasteiger partial charge < -0.3 is 10.2 Å². The highest BCUT2D eigenvalue weighted by molar-refractivity contribution is 5.79. The third-order valence-electron chi connectivity index (χ3n) is 3.82. The summed E-state index contributed by atoms with van der Waals surface area (Å²) in [6.45, 7) is 4.12. The number of guanidine groups is 1. The van der Waals surface area contributed by atoms with Crippen molar-refractivity contribution >= 4 is 5.96 Å². The number of aromatic nitrogens is 2. The maximum absolute atomic E-state index is 4.34. The molecule has 0 aliphatic carbocycles. The second-order valence-electron chi connectivity index (χ2n) is 5.62. The predicted octanol–water partition coefficient (Wildman–Crippen LogP) is 2.72. The van der Waals surface area contributed by atoms with Crippen LogP contribution in [0.1, 0.15) is 25.3 Å². The maximum atomic E-state index is 4.34.